The topological polar surface area (TPSA) is 86.3 Å². The molecule has 0 aromatic carbocycles. The lowest BCUT2D eigenvalue weighted by atomic mass is 9.78. The summed E-state index contributed by atoms with van der Waals surface area (Å²) in [5.74, 6) is -0.363. The number of rotatable bonds is 3. The van der Waals surface area contributed by atoms with Gasteiger partial charge in [-0.05, 0) is 25.8 Å². The highest BCUT2D eigenvalue weighted by Gasteiger charge is 2.38. The molecule has 26 heavy (non-hydrogen) atoms. The van der Waals surface area contributed by atoms with E-state index >= 15 is 0 Å². The monoisotopic (exact) mass is 350 g/mol. The molecule has 1 fully saturated rings. The third-order valence-electron chi connectivity index (χ3n) is 4.93. The zero-order valence-corrected chi connectivity index (χ0v) is 15.1. The van der Waals surface area contributed by atoms with Crippen LogP contribution in [0.2, 0.25) is 0 Å². The van der Waals surface area contributed by atoms with E-state index in [1.54, 1.807) is 29.4 Å². The highest BCUT2D eigenvalue weighted by molar-refractivity contribution is 5.98. The van der Waals surface area contributed by atoms with Gasteiger partial charge in [0, 0.05) is 61.2 Å². The molecule has 134 valence electrons. The van der Waals surface area contributed by atoms with Gasteiger partial charge in [0.1, 0.15) is 6.07 Å². The Hall–Kier alpha value is -3.14. The Bertz CT molecular complexity index is 869. The van der Waals surface area contributed by atoms with Gasteiger partial charge in [0.25, 0.3) is 0 Å². The summed E-state index contributed by atoms with van der Waals surface area (Å²) in [5, 5.41) is 17.4. The van der Waals surface area contributed by atoms with Gasteiger partial charge in [-0.25, -0.2) is 0 Å². The van der Waals surface area contributed by atoms with Crippen molar-refractivity contribution in [1.82, 2.24) is 20.1 Å². The van der Waals surface area contributed by atoms with E-state index in [1.165, 1.54) is 0 Å². The number of hydrogen-bond acceptors (Lipinski definition) is 6. The summed E-state index contributed by atoms with van der Waals surface area (Å²) in [6.07, 6.45) is 10.6. The van der Waals surface area contributed by atoms with Gasteiger partial charge >= 0.3 is 0 Å². The van der Waals surface area contributed by atoms with Gasteiger partial charge in [-0.1, -0.05) is 6.58 Å². The predicted octanol–water partition coefficient (Wildman–Crippen LogP) is 1.98. The summed E-state index contributed by atoms with van der Waals surface area (Å²) >= 11 is 0. The average molecular weight is 350 g/mol. The van der Waals surface area contributed by atoms with Crippen molar-refractivity contribution in [3.05, 3.63) is 48.1 Å². The molecule has 3 rings (SSSR count). The number of carbonyl (C=O) groups is 1. The Morgan fingerprint density at radius 3 is 3.00 bits per heavy atom. The minimum absolute atomic E-state index is 0.363. The highest BCUT2D eigenvalue weighted by Crippen LogP contribution is 2.36. The van der Waals surface area contributed by atoms with Crippen molar-refractivity contribution in [1.29, 1.82) is 5.26 Å². The van der Waals surface area contributed by atoms with Crippen LogP contribution >= 0.6 is 0 Å². The molecule has 0 bridgehead atoms. The Morgan fingerprint density at radius 1 is 1.50 bits per heavy atom. The Labute approximate surface area is 153 Å². The second-order valence-electron chi connectivity index (χ2n) is 6.93. The summed E-state index contributed by atoms with van der Waals surface area (Å²) in [5.41, 5.74) is 5.78. The van der Waals surface area contributed by atoms with E-state index in [4.69, 9.17) is 5.26 Å². The van der Waals surface area contributed by atoms with Crippen molar-refractivity contribution < 1.29 is 4.79 Å². The van der Waals surface area contributed by atoms with Crippen LogP contribution in [0.5, 0.6) is 0 Å². The number of nitrogens with zero attached hydrogens (tertiary/aromatic N) is 5. The average Bonchev–Trinajstić information content (AvgIpc) is 3.04. The van der Waals surface area contributed by atoms with Gasteiger partial charge in [-0.15, -0.1) is 0 Å². The largest absolute Gasteiger partial charge is 0.370 e. The second-order valence-corrected chi connectivity index (χ2v) is 6.93. The quantitative estimate of drug-likeness (QED) is 0.843. The number of likely N-dealkylation sites (tertiary alicyclic amines) is 1. The normalized spacial score (nSPS) is 28.5. The number of nitriles is 1. The number of hydrazone groups is 1. The first-order valence-electron chi connectivity index (χ1n) is 8.52. The minimum Gasteiger partial charge on any atom is -0.370 e. The number of carbonyl (C=O) groups excluding carboxylic acids is 1. The molecule has 0 amide bonds. The lowest BCUT2D eigenvalue weighted by molar-refractivity contribution is -0.124. The molecule has 7 nitrogen and oxygen atoms in total. The smallest absolute Gasteiger partial charge is 0.239 e. The molecule has 3 heterocycles. The minimum atomic E-state index is -0.663. The number of Topliss-reactive ketones (excluding diaryl/α,β-unsaturated/α-hetero) is 1. The fraction of sp³-hybridized carbons (Fsp3) is 0.368. The molecule has 1 aromatic rings. The third-order valence-corrected chi connectivity index (χ3v) is 4.93. The molecule has 1 saturated heterocycles. The van der Waals surface area contributed by atoms with Crippen LogP contribution in [0.1, 0.15) is 25.3 Å². The molecule has 1 N–H and O–H groups in total. The van der Waals surface area contributed by atoms with Crippen molar-refractivity contribution >= 4 is 17.6 Å². The van der Waals surface area contributed by atoms with E-state index in [0.717, 1.165) is 41.8 Å². The van der Waals surface area contributed by atoms with Crippen LogP contribution in [0.25, 0.3) is 5.57 Å². The fourth-order valence-corrected chi connectivity index (χ4v) is 3.46. The van der Waals surface area contributed by atoms with Gasteiger partial charge in [0.15, 0.2) is 0 Å². The Kier molecular flexibility index (Phi) is 4.76. The molecular formula is C19H22N6O. The Morgan fingerprint density at radius 2 is 2.31 bits per heavy atom. The molecule has 7 heteroatoms. The number of aromatic nitrogens is 2. The molecule has 1 unspecified atom stereocenters. The molecule has 0 saturated carbocycles. The zero-order chi connectivity index (χ0) is 18.7. The molecule has 0 radical (unpaired) electrons. The number of hydrogen-bond donors (Lipinski definition) is 1. The van der Waals surface area contributed by atoms with Crippen LogP contribution < -0.4 is 5.43 Å². The molecule has 0 aliphatic carbocycles. The molecule has 0 spiro atoms. The van der Waals surface area contributed by atoms with Crippen LogP contribution in [0.4, 0.5) is 0 Å². The van der Waals surface area contributed by atoms with Crippen molar-refractivity contribution in [3.63, 3.8) is 0 Å². The third kappa shape index (κ3) is 3.31. The number of aryl methyl sites for hydroxylation is 1. The number of ketones is 1. The second kappa shape index (κ2) is 7.00. The van der Waals surface area contributed by atoms with E-state index in [0.29, 0.717) is 6.54 Å². The number of allylic oxidation sites excluding steroid dienone is 2. The number of nitrogens with one attached hydrogen (secondary N) is 1. The van der Waals surface area contributed by atoms with Gasteiger partial charge in [0.2, 0.25) is 5.78 Å². The molecule has 2 aliphatic heterocycles. The molecular weight excluding hydrogens is 328 g/mol. The SMILES string of the molecule is C=C1/C(c2cnn(C)c2)=C\N/N=C\C=C/1N1CCCC(C)(C(=O)C#N)C1. The lowest BCUT2D eigenvalue weighted by Gasteiger charge is -2.41. The van der Waals surface area contributed by atoms with Gasteiger partial charge in [0.05, 0.1) is 11.6 Å². The van der Waals surface area contributed by atoms with Crippen LogP contribution in [0, 0.1) is 16.7 Å². The highest BCUT2D eigenvalue weighted by atomic mass is 16.1. The van der Waals surface area contributed by atoms with Crippen LogP contribution in [0.15, 0.2) is 47.6 Å². The number of piperidine rings is 1. The van der Waals surface area contributed by atoms with E-state index in [9.17, 15) is 4.79 Å². The van der Waals surface area contributed by atoms with Crippen LogP contribution in [0.3, 0.4) is 0 Å². The van der Waals surface area contributed by atoms with Crippen molar-refractivity contribution in [2.24, 2.45) is 17.6 Å². The summed E-state index contributed by atoms with van der Waals surface area (Å²) in [6.45, 7) is 7.45. The predicted molar refractivity (Wildman–Crippen MR) is 99.6 cm³/mol. The molecule has 1 aromatic heterocycles. The summed E-state index contributed by atoms with van der Waals surface area (Å²) in [4.78, 5) is 14.2. The van der Waals surface area contributed by atoms with Crippen molar-refractivity contribution in [3.8, 4) is 6.07 Å². The summed E-state index contributed by atoms with van der Waals surface area (Å²) in [6, 6.07) is 1.80. The lowest BCUT2D eigenvalue weighted by Crippen LogP contribution is -2.45. The van der Waals surface area contributed by atoms with Gasteiger partial charge in [-0.3, -0.25) is 14.9 Å². The van der Waals surface area contributed by atoms with Gasteiger partial charge in [-0.2, -0.15) is 15.5 Å². The first kappa shape index (κ1) is 17.7. The summed E-state index contributed by atoms with van der Waals surface area (Å²) < 4.78 is 1.73. The van der Waals surface area contributed by atoms with Gasteiger partial charge < -0.3 is 4.90 Å². The standard InChI is InChI=1S/C19H22N6O/c1-14-16(15-10-23-24(3)12-15)11-22-21-7-5-17(14)25-8-4-6-19(2,13-25)18(26)9-20/h5,7,10-12,22H,1,4,6,8,13H2,2-3H3/b16-11+,17-5+,21-7-. The maximum Gasteiger partial charge on any atom is 0.239 e. The summed E-state index contributed by atoms with van der Waals surface area (Å²) in [7, 11) is 1.86. The van der Waals surface area contributed by atoms with Crippen molar-refractivity contribution in [2.75, 3.05) is 13.1 Å². The molecule has 1 atom stereocenters. The van der Waals surface area contributed by atoms with E-state index in [2.05, 4.69) is 27.1 Å². The first-order chi connectivity index (χ1) is 12.4. The van der Waals surface area contributed by atoms with Crippen LogP contribution in [-0.4, -0.2) is 39.8 Å². The van der Waals surface area contributed by atoms with Crippen molar-refractivity contribution in [2.45, 2.75) is 19.8 Å². The Balaban J connectivity index is 1.93. The van der Waals surface area contributed by atoms with E-state index in [1.807, 2.05) is 26.2 Å². The van der Waals surface area contributed by atoms with E-state index < -0.39 is 5.41 Å². The zero-order valence-electron chi connectivity index (χ0n) is 15.1. The fourth-order valence-electron chi connectivity index (χ4n) is 3.46. The maximum absolute atomic E-state index is 12.1. The molecule has 2 aliphatic rings. The first-order valence-corrected chi connectivity index (χ1v) is 8.52. The van der Waals surface area contributed by atoms with Crippen LogP contribution in [-0.2, 0) is 11.8 Å². The van der Waals surface area contributed by atoms with E-state index in [-0.39, 0.29) is 5.78 Å². The maximum atomic E-state index is 12.1.